The second-order valence-corrected chi connectivity index (χ2v) is 11.7. The SMILES string of the molecule is NC(N)=NCCC[C@H](NC(=O)CNC(=O)[C@@H](CCCN=C(N)N)NS(=O)(=O)Cc1ccccc1)C(=O)Nc1ccc([N+](=O)[O-])cc1. The molecule has 0 saturated carbocycles. The number of rotatable bonds is 19. The summed E-state index contributed by atoms with van der Waals surface area (Å²) in [4.78, 5) is 56.9. The van der Waals surface area contributed by atoms with Crippen molar-refractivity contribution in [2.75, 3.05) is 25.0 Å². The highest BCUT2D eigenvalue weighted by molar-refractivity contribution is 7.88. The Labute approximate surface area is 265 Å². The van der Waals surface area contributed by atoms with Gasteiger partial charge >= 0.3 is 0 Å². The summed E-state index contributed by atoms with van der Waals surface area (Å²) in [5.74, 6) is -2.85. The fourth-order valence-electron chi connectivity index (χ4n) is 4.00. The molecule has 0 aromatic heterocycles. The summed E-state index contributed by atoms with van der Waals surface area (Å²) < 4.78 is 28.1. The van der Waals surface area contributed by atoms with Crippen molar-refractivity contribution in [1.82, 2.24) is 15.4 Å². The molecule has 0 spiro atoms. The fourth-order valence-corrected chi connectivity index (χ4v) is 5.38. The summed E-state index contributed by atoms with van der Waals surface area (Å²) in [6.07, 6.45) is 0.659. The fraction of sp³-hybridized carbons (Fsp3) is 0.370. The molecule has 18 nitrogen and oxygen atoms in total. The normalized spacial score (nSPS) is 12.2. The Bertz CT molecular complexity index is 1490. The van der Waals surface area contributed by atoms with Gasteiger partial charge in [0.25, 0.3) is 5.69 Å². The van der Waals surface area contributed by atoms with Crippen LogP contribution in [0.5, 0.6) is 0 Å². The van der Waals surface area contributed by atoms with Crippen LogP contribution in [0, 0.1) is 10.1 Å². The number of nitro benzene ring substituents is 1. The van der Waals surface area contributed by atoms with Crippen molar-refractivity contribution in [2.45, 2.75) is 43.5 Å². The van der Waals surface area contributed by atoms with E-state index in [1.54, 1.807) is 30.3 Å². The highest BCUT2D eigenvalue weighted by atomic mass is 32.2. The molecule has 0 aliphatic carbocycles. The standard InChI is InChI=1S/C27H39N11O7S/c28-26(29)32-14-4-8-21(25(41)35-19-10-12-20(13-11-19)38(42)43)36-23(39)16-34-24(40)22(9-5-15-33-27(30)31)37-46(44,45)17-18-6-2-1-3-7-18/h1-3,6-7,10-13,21-22,37H,4-5,8-9,14-17H2,(H,34,40)(H,35,41)(H,36,39)(H4,28,29,32)(H4,30,31,33)/t21-,22+/m0/s1. The Morgan fingerprint density at radius 3 is 1.93 bits per heavy atom. The van der Waals surface area contributed by atoms with E-state index in [9.17, 15) is 32.9 Å². The number of nitrogens with two attached hydrogens (primary N) is 4. The summed E-state index contributed by atoms with van der Waals surface area (Å²) in [7, 11) is -3.97. The first-order valence-corrected chi connectivity index (χ1v) is 15.7. The Balaban J connectivity index is 2.08. The van der Waals surface area contributed by atoms with E-state index in [1.165, 1.54) is 24.3 Å². The summed E-state index contributed by atoms with van der Waals surface area (Å²) >= 11 is 0. The maximum Gasteiger partial charge on any atom is 0.269 e. The van der Waals surface area contributed by atoms with Crippen LogP contribution in [0.3, 0.4) is 0 Å². The van der Waals surface area contributed by atoms with Gasteiger partial charge in [-0.3, -0.25) is 34.5 Å². The van der Waals surface area contributed by atoms with Gasteiger partial charge in [0.2, 0.25) is 27.7 Å². The number of non-ortho nitro benzene ring substituents is 1. The minimum absolute atomic E-state index is 0.0172. The maximum atomic E-state index is 13.0. The van der Waals surface area contributed by atoms with Crippen LogP contribution in [0.25, 0.3) is 0 Å². The quantitative estimate of drug-likeness (QED) is 0.0288. The van der Waals surface area contributed by atoms with Crippen molar-refractivity contribution in [2.24, 2.45) is 32.9 Å². The molecule has 0 unspecified atom stereocenters. The summed E-state index contributed by atoms with van der Waals surface area (Å²) in [6.45, 7) is -0.280. The Morgan fingerprint density at radius 2 is 1.39 bits per heavy atom. The molecule has 2 atom stereocenters. The van der Waals surface area contributed by atoms with Crippen molar-refractivity contribution in [3.05, 3.63) is 70.3 Å². The second-order valence-electron chi connectivity index (χ2n) is 9.94. The number of nitrogens with one attached hydrogen (secondary N) is 4. The van der Waals surface area contributed by atoms with E-state index in [1.807, 2.05) is 0 Å². The van der Waals surface area contributed by atoms with Gasteiger partial charge in [-0.05, 0) is 43.4 Å². The molecule has 46 heavy (non-hydrogen) atoms. The molecule has 2 rings (SSSR count). The molecule has 2 aromatic carbocycles. The smallest absolute Gasteiger partial charge is 0.269 e. The summed E-state index contributed by atoms with van der Waals surface area (Å²) in [5.41, 5.74) is 21.9. The zero-order valence-electron chi connectivity index (χ0n) is 24.9. The number of nitrogens with zero attached hydrogens (tertiary/aromatic N) is 3. The van der Waals surface area contributed by atoms with Gasteiger partial charge in [0.1, 0.15) is 12.1 Å². The second kappa shape index (κ2) is 18.5. The van der Waals surface area contributed by atoms with Gasteiger partial charge < -0.3 is 38.9 Å². The van der Waals surface area contributed by atoms with Crippen LogP contribution in [0.15, 0.2) is 64.6 Å². The van der Waals surface area contributed by atoms with E-state index in [2.05, 4.69) is 30.7 Å². The van der Waals surface area contributed by atoms with Crippen LogP contribution in [-0.4, -0.2) is 74.7 Å². The van der Waals surface area contributed by atoms with Crippen molar-refractivity contribution < 1.29 is 27.7 Å². The minimum Gasteiger partial charge on any atom is -0.370 e. The van der Waals surface area contributed by atoms with E-state index < -0.39 is 51.3 Å². The molecule has 0 heterocycles. The molecule has 19 heteroatoms. The number of carbonyl (C=O) groups excluding carboxylic acids is 3. The Kier molecular flexibility index (Phi) is 14.8. The lowest BCUT2D eigenvalue weighted by molar-refractivity contribution is -0.384. The number of aliphatic imine (C=N–C) groups is 2. The van der Waals surface area contributed by atoms with Crippen LogP contribution in [-0.2, 0) is 30.2 Å². The maximum absolute atomic E-state index is 13.0. The first kappa shape index (κ1) is 36.9. The summed E-state index contributed by atoms with van der Waals surface area (Å²) in [5, 5.41) is 18.4. The predicted octanol–water partition coefficient (Wildman–Crippen LogP) is -1.27. The molecular weight excluding hydrogens is 622 g/mol. The van der Waals surface area contributed by atoms with Crippen molar-refractivity contribution >= 4 is 51.0 Å². The third-order valence-electron chi connectivity index (χ3n) is 6.15. The zero-order valence-corrected chi connectivity index (χ0v) is 25.7. The molecule has 0 fully saturated rings. The monoisotopic (exact) mass is 661 g/mol. The predicted molar refractivity (Wildman–Crippen MR) is 172 cm³/mol. The first-order chi connectivity index (χ1) is 21.8. The average molecular weight is 662 g/mol. The lowest BCUT2D eigenvalue weighted by atomic mass is 10.1. The molecule has 250 valence electrons. The number of benzene rings is 2. The molecule has 3 amide bonds. The molecule has 2 aromatic rings. The number of amides is 3. The summed E-state index contributed by atoms with van der Waals surface area (Å²) in [6, 6.07) is 11.1. The van der Waals surface area contributed by atoms with Gasteiger partial charge in [-0.2, -0.15) is 0 Å². The Morgan fingerprint density at radius 1 is 0.826 bits per heavy atom. The van der Waals surface area contributed by atoms with Crippen molar-refractivity contribution in [3.8, 4) is 0 Å². The number of carbonyl (C=O) groups is 3. The lowest BCUT2D eigenvalue weighted by Crippen LogP contribution is -2.51. The van der Waals surface area contributed by atoms with Crippen molar-refractivity contribution in [1.29, 1.82) is 0 Å². The zero-order chi connectivity index (χ0) is 34.1. The first-order valence-electron chi connectivity index (χ1n) is 14.0. The van der Waals surface area contributed by atoms with Crippen LogP contribution in [0.4, 0.5) is 11.4 Å². The van der Waals surface area contributed by atoms with Crippen LogP contribution in [0.2, 0.25) is 0 Å². The van der Waals surface area contributed by atoms with E-state index in [4.69, 9.17) is 22.9 Å². The minimum atomic E-state index is -3.97. The van der Waals surface area contributed by atoms with E-state index in [0.29, 0.717) is 12.0 Å². The van der Waals surface area contributed by atoms with Crippen LogP contribution in [0.1, 0.15) is 31.2 Å². The molecule has 0 aliphatic rings. The number of sulfonamides is 1. The molecule has 0 aliphatic heterocycles. The van der Waals surface area contributed by atoms with Gasteiger partial charge in [-0.15, -0.1) is 0 Å². The van der Waals surface area contributed by atoms with E-state index in [-0.39, 0.29) is 61.4 Å². The third-order valence-corrected chi connectivity index (χ3v) is 7.51. The number of guanidine groups is 2. The van der Waals surface area contributed by atoms with Crippen LogP contribution < -0.4 is 43.6 Å². The van der Waals surface area contributed by atoms with E-state index in [0.717, 1.165) is 0 Å². The number of nitro groups is 1. The topological polar surface area (TPSA) is 305 Å². The number of hydrogen-bond acceptors (Lipinski definition) is 9. The number of hydrogen-bond donors (Lipinski definition) is 8. The van der Waals surface area contributed by atoms with Gasteiger partial charge in [0.15, 0.2) is 11.9 Å². The molecular formula is C27H39N11O7S. The van der Waals surface area contributed by atoms with Crippen molar-refractivity contribution in [3.63, 3.8) is 0 Å². The average Bonchev–Trinajstić information content (AvgIpc) is 2.99. The largest absolute Gasteiger partial charge is 0.370 e. The number of anilines is 1. The lowest BCUT2D eigenvalue weighted by Gasteiger charge is -2.20. The van der Waals surface area contributed by atoms with Gasteiger partial charge in [0, 0.05) is 30.9 Å². The molecule has 0 bridgehead atoms. The van der Waals surface area contributed by atoms with Gasteiger partial charge in [-0.1, -0.05) is 30.3 Å². The van der Waals surface area contributed by atoms with E-state index >= 15 is 0 Å². The highest BCUT2D eigenvalue weighted by Gasteiger charge is 2.26. The van der Waals surface area contributed by atoms with Gasteiger partial charge in [0.05, 0.1) is 17.2 Å². The molecule has 12 N–H and O–H groups in total. The molecule has 0 radical (unpaired) electrons. The highest BCUT2D eigenvalue weighted by Crippen LogP contribution is 2.16. The van der Waals surface area contributed by atoms with Crippen LogP contribution >= 0.6 is 0 Å². The van der Waals surface area contributed by atoms with Gasteiger partial charge in [-0.25, -0.2) is 13.1 Å². The Hall–Kier alpha value is -5.30. The third kappa shape index (κ3) is 14.4. The molecule has 0 saturated heterocycles.